The van der Waals surface area contributed by atoms with Crippen LogP contribution >= 0.6 is 0 Å². The van der Waals surface area contributed by atoms with Crippen molar-refractivity contribution < 1.29 is 18.7 Å². The molecule has 0 fully saturated rings. The van der Waals surface area contributed by atoms with Crippen molar-refractivity contribution in [2.45, 2.75) is 19.4 Å². The van der Waals surface area contributed by atoms with Gasteiger partial charge in [-0.2, -0.15) is 0 Å². The average molecular weight is 393 g/mol. The van der Waals surface area contributed by atoms with E-state index in [-0.39, 0.29) is 17.1 Å². The van der Waals surface area contributed by atoms with Gasteiger partial charge in [0.2, 0.25) is 5.76 Å². The molecule has 0 saturated heterocycles. The van der Waals surface area contributed by atoms with E-state index >= 15 is 0 Å². The summed E-state index contributed by atoms with van der Waals surface area (Å²) < 4.78 is 16.7. The Balaban J connectivity index is 1.88. The zero-order chi connectivity index (χ0) is 20.4. The lowest BCUT2D eigenvalue weighted by Crippen LogP contribution is -2.31. The highest BCUT2D eigenvalue weighted by atomic mass is 16.5. The van der Waals surface area contributed by atoms with Gasteiger partial charge in [0.15, 0.2) is 5.43 Å². The summed E-state index contributed by atoms with van der Waals surface area (Å²) in [7, 11) is 1.63. The molecule has 1 atom stereocenters. The van der Waals surface area contributed by atoms with Crippen molar-refractivity contribution in [2.75, 3.05) is 26.9 Å². The van der Waals surface area contributed by atoms with Crippen LogP contribution in [-0.4, -0.2) is 37.7 Å². The molecule has 0 spiro atoms. The smallest absolute Gasteiger partial charge is 0.290 e. The maximum atomic E-state index is 13.3. The molecule has 3 aromatic rings. The van der Waals surface area contributed by atoms with Gasteiger partial charge in [-0.15, -0.1) is 0 Å². The minimum Gasteiger partial charge on any atom is -0.494 e. The number of ether oxygens (including phenoxy) is 2. The van der Waals surface area contributed by atoms with E-state index in [4.69, 9.17) is 13.9 Å². The molecule has 6 heteroatoms. The molecular weight excluding hydrogens is 370 g/mol. The summed E-state index contributed by atoms with van der Waals surface area (Å²) in [5.41, 5.74) is 1.46. The molecule has 6 nitrogen and oxygen atoms in total. The Labute approximate surface area is 168 Å². The topological polar surface area (TPSA) is 69.0 Å². The van der Waals surface area contributed by atoms with Crippen LogP contribution in [0.2, 0.25) is 0 Å². The number of benzene rings is 2. The molecule has 150 valence electrons. The van der Waals surface area contributed by atoms with Gasteiger partial charge in [-0.25, -0.2) is 0 Å². The molecule has 0 radical (unpaired) electrons. The predicted molar refractivity (Wildman–Crippen MR) is 109 cm³/mol. The fourth-order valence-electron chi connectivity index (χ4n) is 3.86. The molecule has 2 heterocycles. The summed E-state index contributed by atoms with van der Waals surface area (Å²) in [5.74, 6) is 0.552. The summed E-state index contributed by atoms with van der Waals surface area (Å²) in [6.07, 6.45) is 0.658. The van der Waals surface area contributed by atoms with Crippen LogP contribution in [-0.2, 0) is 4.74 Å². The van der Waals surface area contributed by atoms with E-state index in [1.807, 2.05) is 31.2 Å². The van der Waals surface area contributed by atoms with E-state index in [0.717, 1.165) is 5.56 Å². The SMILES string of the molecule is CCOc1cccc([C@@H]2c3c(oc4ccccc4c3=O)C(=O)N2CCCOC)c1. The van der Waals surface area contributed by atoms with Crippen molar-refractivity contribution in [1.29, 1.82) is 0 Å². The highest BCUT2D eigenvalue weighted by molar-refractivity contribution is 5.99. The van der Waals surface area contributed by atoms with Gasteiger partial charge in [0.25, 0.3) is 5.91 Å². The highest BCUT2D eigenvalue weighted by Crippen LogP contribution is 2.39. The van der Waals surface area contributed by atoms with Gasteiger partial charge in [-0.1, -0.05) is 24.3 Å². The zero-order valence-electron chi connectivity index (χ0n) is 16.5. The minimum absolute atomic E-state index is 0.123. The molecule has 2 aromatic carbocycles. The Morgan fingerprint density at radius 3 is 2.72 bits per heavy atom. The van der Waals surface area contributed by atoms with Gasteiger partial charge in [0.1, 0.15) is 11.3 Å². The van der Waals surface area contributed by atoms with Crippen LogP contribution in [0.3, 0.4) is 0 Å². The van der Waals surface area contributed by atoms with Crippen LogP contribution in [0.1, 0.15) is 41.1 Å². The Morgan fingerprint density at radius 1 is 1.10 bits per heavy atom. The van der Waals surface area contributed by atoms with E-state index in [2.05, 4.69) is 0 Å². The highest BCUT2D eigenvalue weighted by Gasteiger charge is 2.42. The van der Waals surface area contributed by atoms with Gasteiger partial charge >= 0.3 is 0 Å². The Hall–Kier alpha value is -3.12. The van der Waals surface area contributed by atoms with Crippen molar-refractivity contribution in [3.63, 3.8) is 0 Å². The fraction of sp³-hybridized carbons (Fsp3) is 0.304. The first kappa shape index (κ1) is 19.2. The number of nitrogens with zero attached hydrogens (tertiary/aromatic N) is 1. The van der Waals surface area contributed by atoms with Crippen molar-refractivity contribution in [3.05, 3.63) is 75.6 Å². The maximum absolute atomic E-state index is 13.3. The zero-order valence-corrected chi connectivity index (χ0v) is 16.5. The molecule has 1 amide bonds. The lowest BCUT2D eigenvalue weighted by Gasteiger charge is -2.25. The monoisotopic (exact) mass is 393 g/mol. The molecule has 4 rings (SSSR count). The van der Waals surface area contributed by atoms with Crippen molar-refractivity contribution in [1.82, 2.24) is 4.90 Å². The number of methoxy groups -OCH3 is 1. The summed E-state index contributed by atoms with van der Waals surface area (Å²) >= 11 is 0. The first-order valence-electron chi connectivity index (χ1n) is 9.74. The van der Waals surface area contributed by atoms with E-state index < -0.39 is 6.04 Å². The second-order valence-electron chi connectivity index (χ2n) is 6.92. The van der Waals surface area contributed by atoms with Crippen LogP contribution < -0.4 is 10.2 Å². The third kappa shape index (κ3) is 3.40. The largest absolute Gasteiger partial charge is 0.494 e. The van der Waals surface area contributed by atoms with Crippen molar-refractivity contribution in [2.24, 2.45) is 0 Å². The average Bonchev–Trinajstić information content (AvgIpc) is 3.01. The van der Waals surface area contributed by atoms with Crippen LogP contribution in [0.15, 0.2) is 57.7 Å². The number of amides is 1. The van der Waals surface area contributed by atoms with Crippen molar-refractivity contribution in [3.8, 4) is 5.75 Å². The molecule has 0 aliphatic carbocycles. The first-order valence-corrected chi connectivity index (χ1v) is 9.74. The third-order valence-corrected chi connectivity index (χ3v) is 5.11. The molecular formula is C23H23NO5. The molecule has 0 N–H and O–H groups in total. The number of hydrogen-bond acceptors (Lipinski definition) is 5. The Bertz CT molecular complexity index is 1100. The van der Waals surface area contributed by atoms with Gasteiger partial charge in [0, 0.05) is 20.3 Å². The quantitative estimate of drug-likeness (QED) is 0.572. The molecule has 1 aromatic heterocycles. The lowest BCUT2D eigenvalue weighted by atomic mass is 9.98. The minimum atomic E-state index is -0.518. The maximum Gasteiger partial charge on any atom is 0.290 e. The summed E-state index contributed by atoms with van der Waals surface area (Å²) in [5, 5.41) is 0.476. The normalized spacial score (nSPS) is 15.7. The van der Waals surface area contributed by atoms with Crippen LogP contribution in [0.5, 0.6) is 5.75 Å². The molecule has 0 unspecified atom stereocenters. The van der Waals surface area contributed by atoms with E-state index in [0.29, 0.717) is 48.5 Å². The standard InChI is InChI=1S/C23H23NO5/c1-3-28-16-9-6-8-15(14-16)20-19-21(25)17-10-4-5-11-18(17)29-22(19)23(26)24(20)12-7-13-27-2/h4-6,8-11,14,20H,3,7,12-13H2,1-2H3/t20-/m1/s1. The Kier molecular flexibility index (Phi) is 5.36. The number of hydrogen-bond donors (Lipinski definition) is 0. The summed E-state index contributed by atoms with van der Waals surface area (Å²) in [4.78, 5) is 28.2. The van der Waals surface area contributed by atoms with Gasteiger partial charge in [0.05, 0.1) is 23.6 Å². The van der Waals surface area contributed by atoms with E-state index in [9.17, 15) is 9.59 Å². The summed E-state index contributed by atoms with van der Waals surface area (Å²) in [6.45, 7) is 3.43. The van der Waals surface area contributed by atoms with Gasteiger partial charge in [-0.3, -0.25) is 9.59 Å². The van der Waals surface area contributed by atoms with Gasteiger partial charge in [-0.05, 0) is 43.2 Å². The van der Waals surface area contributed by atoms with E-state index in [1.165, 1.54) is 0 Å². The number of carbonyl (C=O) groups is 1. The van der Waals surface area contributed by atoms with Crippen molar-refractivity contribution >= 4 is 16.9 Å². The number of carbonyl (C=O) groups excluding carboxylic acids is 1. The molecule has 1 aliphatic heterocycles. The third-order valence-electron chi connectivity index (χ3n) is 5.11. The second-order valence-corrected chi connectivity index (χ2v) is 6.92. The van der Waals surface area contributed by atoms with Crippen LogP contribution in [0.4, 0.5) is 0 Å². The number of para-hydroxylation sites is 1. The van der Waals surface area contributed by atoms with Crippen LogP contribution in [0.25, 0.3) is 11.0 Å². The molecule has 0 saturated carbocycles. The number of rotatable bonds is 7. The van der Waals surface area contributed by atoms with Gasteiger partial charge < -0.3 is 18.8 Å². The molecule has 0 bridgehead atoms. The summed E-state index contributed by atoms with van der Waals surface area (Å²) in [6, 6.07) is 14.0. The number of fused-ring (bicyclic) bond motifs is 2. The fourth-order valence-corrected chi connectivity index (χ4v) is 3.86. The Morgan fingerprint density at radius 2 is 1.93 bits per heavy atom. The lowest BCUT2D eigenvalue weighted by molar-refractivity contribution is 0.0707. The molecule has 1 aliphatic rings. The first-order chi connectivity index (χ1) is 14.2. The molecule has 29 heavy (non-hydrogen) atoms. The van der Waals surface area contributed by atoms with Crippen LogP contribution in [0, 0.1) is 0 Å². The second kappa shape index (κ2) is 8.09. The predicted octanol–water partition coefficient (Wildman–Crippen LogP) is 3.77. The van der Waals surface area contributed by atoms with E-state index in [1.54, 1.807) is 36.3 Å².